The molecule has 368 valence electrons. The van der Waals surface area contributed by atoms with Crippen LogP contribution in [0, 0.1) is 0 Å². The average Bonchev–Trinajstić information content (AvgIpc) is 3.92. The second kappa shape index (κ2) is 14.2. The molecule has 8 aromatic rings. The third-order valence-corrected chi connectivity index (χ3v) is 20.3. The predicted octanol–water partition coefficient (Wildman–Crippen LogP) is 17.5. The summed E-state index contributed by atoms with van der Waals surface area (Å²) in [6.07, 6.45) is 7.22. The maximum atomic E-state index is 7.23. The Morgan fingerprint density at radius 3 is 1.92 bits per heavy atom. The van der Waals surface area contributed by atoms with Gasteiger partial charge in [-0.3, -0.25) is 0 Å². The number of furan rings is 1. The number of benzene rings is 7. The van der Waals surface area contributed by atoms with Crippen molar-refractivity contribution in [1.82, 2.24) is 0 Å². The lowest BCUT2D eigenvalue weighted by atomic mass is 9.41. The standard InChI is InChI=1S/C69H73BN2O/c1-63(2,3)41-26-29-53(45(34-41)40-22-16-15-17-23-40)71-54-39-56-57(44-24-18-19-25-55(44)73-56)58-47-35-42(64(4,5)6)36-51-61(47)72(69(14)31-21-20-30-68(51,69)13)70(60(54)58)52-28-27-43-46-37-49-50(66(9,10)33-32-65(49,7)8)38-48(46)67(11,12)59(43)62(52)71/h15-19,22-29,34-39H,20-21,30-33H2,1-14H3. The highest BCUT2D eigenvalue weighted by Gasteiger charge is 2.64. The topological polar surface area (TPSA) is 19.6 Å². The van der Waals surface area contributed by atoms with Crippen molar-refractivity contribution in [3.63, 3.8) is 0 Å². The van der Waals surface area contributed by atoms with Crippen LogP contribution in [-0.4, -0.2) is 12.4 Å². The largest absolute Gasteiger partial charge is 0.456 e. The van der Waals surface area contributed by atoms with Gasteiger partial charge in [0.25, 0.3) is 0 Å². The molecule has 0 saturated heterocycles. The zero-order chi connectivity index (χ0) is 50.9. The molecule has 7 aromatic carbocycles. The highest BCUT2D eigenvalue weighted by molar-refractivity contribution is 6.93. The van der Waals surface area contributed by atoms with Crippen molar-refractivity contribution >= 4 is 62.5 Å². The van der Waals surface area contributed by atoms with Crippen LogP contribution in [-0.2, 0) is 32.5 Å². The first kappa shape index (κ1) is 45.6. The van der Waals surface area contributed by atoms with E-state index in [1.165, 1.54) is 143 Å². The summed E-state index contributed by atoms with van der Waals surface area (Å²) in [6.45, 7) is 34.6. The third kappa shape index (κ3) is 5.80. The maximum Gasteiger partial charge on any atom is 0.328 e. The zero-order valence-corrected chi connectivity index (χ0v) is 46.1. The van der Waals surface area contributed by atoms with Gasteiger partial charge in [-0.25, -0.2) is 0 Å². The van der Waals surface area contributed by atoms with Gasteiger partial charge in [-0.15, -0.1) is 0 Å². The lowest BCUT2D eigenvalue weighted by Gasteiger charge is -2.55. The molecule has 3 nitrogen and oxygen atoms in total. The van der Waals surface area contributed by atoms with Crippen LogP contribution in [0.15, 0.2) is 120 Å². The van der Waals surface area contributed by atoms with Gasteiger partial charge in [-0.2, -0.15) is 0 Å². The molecule has 1 aromatic heterocycles. The lowest BCUT2D eigenvalue weighted by molar-refractivity contribution is 0.199. The molecule has 2 unspecified atom stereocenters. The Morgan fingerprint density at radius 2 is 1.19 bits per heavy atom. The van der Waals surface area contributed by atoms with Crippen molar-refractivity contribution < 1.29 is 4.42 Å². The maximum absolute atomic E-state index is 7.23. The molecule has 2 atom stereocenters. The molecule has 0 amide bonds. The van der Waals surface area contributed by atoms with Gasteiger partial charge in [0.15, 0.2) is 0 Å². The van der Waals surface area contributed by atoms with E-state index in [1.54, 1.807) is 5.56 Å². The number of anilines is 4. The number of rotatable bonds is 2. The number of fused-ring (bicyclic) bond motifs is 16. The Bertz CT molecular complexity index is 3740. The summed E-state index contributed by atoms with van der Waals surface area (Å²) < 4.78 is 7.23. The van der Waals surface area contributed by atoms with Gasteiger partial charge < -0.3 is 14.1 Å². The molecule has 1 saturated carbocycles. The Hall–Kier alpha value is -6.00. The van der Waals surface area contributed by atoms with Gasteiger partial charge in [-0.05, 0) is 157 Å². The molecular formula is C69H73BN2O. The van der Waals surface area contributed by atoms with E-state index in [-0.39, 0.29) is 44.9 Å². The van der Waals surface area contributed by atoms with Crippen molar-refractivity contribution in [2.24, 2.45) is 0 Å². The van der Waals surface area contributed by atoms with Crippen molar-refractivity contribution in [3.05, 3.63) is 154 Å². The van der Waals surface area contributed by atoms with Crippen LogP contribution in [0.1, 0.15) is 174 Å². The van der Waals surface area contributed by atoms with Crippen LogP contribution >= 0.6 is 0 Å². The summed E-state index contributed by atoms with van der Waals surface area (Å²) in [7, 11) is 0. The van der Waals surface area contributed by atoms with Crippen LogP contribution in [0.3, 0.4) is 0 Å². The van der Waals surface area contributed by atoms with E-state index in [0.29, 0.717) is 0 Å². The van der Waals surface area contributed by atoms with Gasteiger partial charge in [0.05, 0.1) is 5.69 Å². The fourth-order valence-electron chi connectivity index (χ4n) is 15.8. The first-order valence-electron chi connectivity index (χ1n) is 27.8. The molecule has 0 spiro atoms. The summed E-state index contributed by atoms with van der Waals surface area (Å²) in [5, 5.41) is 2.44. The molecule has 4 heterocycles. The molecule has 1 fully saturated rings. The second-order valence-electron chi connectivity index (χ2n) is 27.9. The molecular weight excluding hydrogens is 884 g/mol. The minimum Gasteiger partial charge on any atom is -0.456 e. The second-order valence-corrected chi connectivity index (χ2v) is 27.9. The van der Waals surface area contributed by atoms with E-state index in [1.807, 2.05) is 0 Å². The van der Waals surface area contributed by atoms with Crippen molar-refractivity contribution in [2.45, 2.75) is 173 Å². The number of hydrogen-bond donors (Lipinski definition) is 0. The van der Waals surface area contributed by atoms with Crippen molar-refractivity contribution in [1.29, 1.82) is 0 Å². The Balaban J connectivity index is 1.18. The summed E-state index contributed by atoms with van der Waals surface area (Å²) in [4.78, 5) is 5.80. The number of nitrogens with zero attached hydrogens (tertiary/aromatic N) is 2. The van der Waals surface area contributed by atoms with Crippen LogP contribution in [0.4, 0.5) is 22.7 Å². The molecule has 3 aliphatic heterocycles. The average molecular weight is 957 g/mol. The summed E-state index contributed by atoms with van der Waals surface area (Å²) in [5.41, 5.74) is 27.9. The van der Waals surface area contributed by atoms with E-state index in [4.69, 9.17) is 4.42 Å². The molecule has 4 heteroatoms. The van der Waals surface area contributed by atoms with E-state index in [0.717, 1.165) is 17.6 Å². The van der Waals surface area contributed by atoms with Gasteiger partial charge in [0.1, 0.15) is 11.2 Å². The third-order valence-electron chi connectivity index (χ3n) is 20.3. The Labute approximate surface area is 435 Å². The summed E-state index contributed by atoms with van der Waals surface area (Å²) in [6, 6.07) is 45.7. The van der Waals surface area contributed by atoms with Crippen LogP contribution < -0.4 is 20.6 Å². The highest BCUT2D eigenvalue weighted by atomic mass is 16.3. The fourth-order valence-corrected chi connectivity index (χ4v) is 15.8. The van der Waals surface area contributed by atoms with Gasteiger partial charge in [0.2, 0.25) is 0 Å². The molecule has 73 heavy (non-hydrogen) atoms. The molecule has 14 rings (SSSR count). The smallest absolute Gasteiger partial charge is 0.328 e. The Morgan fingerprint density at radius 1 is 0.521 bits per heavy atom. The molecule has 0 radical (unpaired) electrons. The first-order valence-corrected chi connectivity index (χ1v) is 27.8. The van der Waals surface area contributed by atoms with Crippen LogP contribution in [0.2, 0.25) is 0 Å². The van der Waals surface area contributed by atoms with Crippen molar-refractivity contribution in [2.75, 3.05) is 9.71 Å². The van der Waals surface area contributed by atoms with E-state index >= 15 is 0 Å². The highest BCUT2D eigenvalue weighted by Crippen LogP contribution is 2.66. The normalized spacial score (nSPS) is 22.4. The minimum atomic E-state index is -0.309. The lowest BCUT2D eigenvalue weighted by Crippen LogP contribution is -2.71. The summed E-state index contributed by atoms with van der Waals surface area (Å²) >= 11 is 0. The fraction of sp³-hybridized carbons (Fsp3) is 0.391. The molecule has 0 bridgehead atoms. The van der Waals surface area contributed by atoms with Crippen molar-refractivity contribution in [3.8, 4) is 33.4 Å². The van der Waals surface area contributed by atoms with Gasteiger partial charge >= 0.3 is 6.85 Å². The van der Waals surface area contributed by atoms with Crippen LogP contribution in [0.5, 0.6) is 0 Å². The molecule has 0 N–H and O–H groups in total. The molecule has 3 aliphatic carbocycles. The predicted molar refractivity (Wildman–Crippen MR) is 311 cm³/mol. The zero-order valence-electron chi connectivity index (χ0n) is 46.1. The quantitative estimate of drug-likeness (QED) is 0.161. The van der Waals surface area contributed by atoms with E-state index < -0.39 is 0 Å². The monoisotopic (exact) mass is 957 g/mol. The van der Waals surface area contributed by atoms with Gasteiger partial charge in [-0.1, -0.05) is 182 Å². The Kier molecular flexibility index (Phi) is 8.89. The minimum absolute atomic E-state index is 0.0316. The number of para-hydroxylation sites is 1. The first-order chi connectivity index (χ1) is 34.5. The SMILES string of the molecule is CC(C)(C)c1ccc(N2c3cc4oc5ccccc5c4c4c3B(c3ccc5c(c32)C(C)(C)c2cc3c(cc2-5)C(C)(C)CCC3(C)C)N2c3c-4cc(C(C)(C)C)cc3C3(C)CCCCC23C)c(-c2ccccc2)c1. The van der Waals surface area contributed by atoms with E-state index in [2.05, 4.69) is 222 Å². The number of hydrogen-bond acceptors (Lipinski definition) is 3. The summed E-state index contributed by atoms with van der Waals surface area (Å²) in [5.74, 6) is 0. The van der Waals surface area contributed by atoms with E-state index in [9.17, 15) is 0 Å². The molecule has 6 aliphatic rings. The van der Waals surface area contributed by atoms with Gasteiger partial charge in [0, 0.05) is 61.4 Å². The van der Waals surface area contributed by atoms with Crippen LogP contribution in [0.25, 0.3) is 55.3 Å².